The molecule has 1 heterocycles. The van der Waals surface area contributed by atoms with E-state index in [0.717, 1.165) is 11.3 Å². The molecule has 2 amide bonds. The van der Waals surface area contributed by atoms with Gasteiger partial charge in [0.2, 0.25) is 11.8 Å². The SMILES string of the molecule is CCOc1ccc(NC(=O)C2CC(=O)N(Cc3ccc(Cl)cc3)C(=Nc3ccc(Cl)cc3)S2)cc1. The molecule has 1 saturated heterocycles. The van der Waals surface area contributed by atoms with Crippen molar-refractivity contribution in [3.05, 3.63) is 88.4 Å². The lowest BCUT2D eigenvalue weighted by Crippen LogP contribution is -2.44. The predicted molar refractivity (Wildman–Crippen MR) is 143 cm³/mol. The molecular formula is C26H23Cl2N3O3S. The monoisotopic (exact) mass is 527 g/mol. The smallest absolute Gasteiger partial charge is 0.238 e. The normalized spacial score (nSPS) is 16.9. The first kappa shape index (κ1) is 25.1. The van der Waals surface area contributed by atoms with Crippen LogP contribution in [0.3, 0.4) is 0 Å². The van der Waals surface area contributed by atoms with E-state index in [-0.39, 0.29) is 18.2 Å². The Balaban J connectivity index is 1.55. The van der Waals surface area contributed by atoms with Gasteiger partial charge in [0.05, 0.1) is 18.8 Å². The van der Waals surface area contributed by atoms with E-state index in [1.54, 1.807) is 65.6 Å². The number of aliphatic imine (C=N–C) groups is 1. The number of thioether (sulfide) groups is 1. The van der Waals surface area contributed by atoms with Gasteiger partial charge in [0.25, 0.3) is 0 Å². The van der Waals surface area contributed by atoms with Gasteiger partial charge in [0.15, 0.2) is 5.17 Å². The van der Waals surface area contributed by atoms with Gasteiger partial charge in [-0.05, 0) is 73.2 Å². The van der Waals surface area contributed by atoms with Crippen molar-refractivity contribution < 1.29 is 14.3 Å². The molecule has 1 atom stereocenters. The highest BCUT2D eigenvalue weighted by atomic mass is 35.5. The molecule has 3 aromatic rings. The number of benzene rings is 3. The molecule has 0 aromatic heterocycles. The van der Waals surface area contributed by atoms with Gasteiger partial charge in [-0.2, -0.15) is 0 Å². The van der Waals surface area contributed by atoms with Crippen LogP contribution in [0.5, 0.6) is 5.75 Å². The topological polar surface area (TPSA) is 71.0 Å². The molecule has 1 aliphatic rings. The molecular weight excluding hydrogens is 505 g/mol. The summed E-state index contributed by atoms with van der Waals surface area (Å²) >= 11 is 13.3. The number of hydrogen-bond donors (Lipinski definition) is 1. The number of amides is 2. The molecule has 3 aromatic carbocycles. The van der Waals surface area contributed by atoms with Gasteiger partial charge in [-0.3, -0.25) is 14.5 Å². The maximum absolute atomic E-state index is 13.2. The van der Waals surface area contributed by atoms with E-state index in [0.29, 0.717) is 39.7 Å². The summed E-state index contributed by atoms with van der Waals surface area (Å²) in [6, 6.07) is 21.4. The second kappa shape index (κ2) is 11.6. The van der Waals surface area contributed by atoms with Crippen LogP contribution in [0.15, 0.2) is 77.8 Å². The third-order valence-electron chi connectivity index (χ3n) is 5.17. The Bertz CT molecular complexity index is 1220. The van der Waals surface area contributed by atoms with Gasteiger partial charge in [-0.25, -0.2) is 4.99 Å². The Kier molecular flexibility index (Phi) is 8.33. The Morgan fingerprint density at radius 2 is 1.66 bits per heavy atom. The molecule has 1 unspecified atom stereocenters. The van der Waals surface area contributed by atoms with Crippen LogP contribution >= 0.6 is 35.0 Å². The quantitative estimate of drug-likeness (QED) is 0.378. The Morgan fingerprint density at radius 1 is 1.03 bits per heavy atom. The summed E-state index contributed by atoms with van der Waals surface area (Å²) < 4.78 is 5.44. The van der Waals surface area contributed by atoms with Gasteiger partial charge in [-0.1, -0.05) is 47.1 Å². The number of amidine groups is 1. The maximum atomic E-state index is 13.2. The minimum atomic E-state index is -0.624. The van der Waals surface area contributed by atoms with E-state index in [2.05, 4.69) is 10.3 Å². The van der Waals surface area contributed by atoms with E-state index in [9.17, 15) is 9.59 Å². The van der Waals surface area contributed by atoms with Crippen molar-refractivity contribution in [1.29, 1.82) is 0 Å². The fourth-order valence-corrected chi connectivity index (χ4v) is 4.77. The highest BCUT2D eigenvalue weighted by molar-refractivity contribution is 8.15. The standard InChI is InChI=1S/C26H23Cl2N3O3S/c1-2-34-22-13-11-20(12-14-22)29-25(33)23-15-24(32)31(16-17-3-5-18(27)6-4-17)26(35-23)30-21-9-7-19(28)8-10-21/h3-14,23H,2,15-16H2,1H3,(H,29,33). The first-order valence-corrected chi connectivity index (χ1v) is 12.6. The molecule has 0 radical (unpaired) electrons. The number of anilines is 1. The molecule has 1 N–H and O–H groups in total. The summed E-state index contributed by atoms with van der Waals surface area (Å²) in [5.41, 5.74) is 2.18. The molecule has 9 heteroatoms. The molecule has 35 heavy (non-hydrogen) atoms. The van der Waals surface area contributed by atoms with Gasteiger partial charge < -0.3 is 10.1 Å². The molecule has 1 fully saturated rings. The van der Waals surface area contributed by atoms with Crippen LogP contribution in [0.4, 0.5) is 11.4 Å². The van der Waals surface area contributed by atoms with Crippen molar-refractivity contribution in [2.75, 3.05) is 11.9 Å². The molecule has 0 bridgehead atoms. The van der Waals surface area contributed by atoms with E-state index in [4.69, 9.17) is 27.9 Å². The molecule has 6 nitrogen and oxygen atoms in total. The number of rotatable bonds is 7. The lowest BCUT2D eigenvalue weighted by Gasteiger charge is -2.32. The number of nitrogens with one attached hydrogen (secondary N) is 1. The third kappa shape index (κ3) is 6.78. The van der Waals surface area contributed by atoms with Crippen molar-refractivity contribution in [2.45, 2.75) is 25.1 Å². The zero-order valence-electron chi connectivity index (χ0n) is 18.9. The fourth-order valence-electron chi connectivity index (χ4n) is 3.42. The average Bonchev–Trinajstić information content (AvgIpc) is 2.85. The van der Waals surface area contributed by atoms with E-state index < -0.39 is 5.25 Å². The van der Waals surface area contributed by atoms with Crippen molar-refractivity contribution in [2.24, 2.45) is 4.99 Å². The molecule has 4 rings (SSSR count). The van der Waals surface area contributed by atoms with Crippen molar-refractivity contribution in [3.63, 3.8) is 0 Å². The summed E-state index contributed by atoms with van der Waals surface area (Å²) in [4.78, 5) is 32.5. The first-order chi connectivity index (χ1) is 16.9. The van der Waals surface area contributed by atoms with Gasteiger partial charge in [0.1, 0.15) is 11.0 Å². The molecule has 0 aliphatic carbocycles. The van der Waals surface area contributed by atoms with Crippen molar-refractivity contribution in [3.8, 4) is 5.75 Å². The van der Waals surface area contributed by atoms with Crippen LogP contribution < -0.4 is 10.1 Å². The molecule has 0 saturated carbocycles. The highest BCUT2D eigenvalue weighted by Gasteiger charge is 2.36. The van der Waals surface area contributed by atoms with Crippen LogP contribution in [0.25, 0.3) is 0 Å². The van der Waals surface area contributed by atoms with E-state index in [1.165, 1.54) is 11.8 Å². The summed E-state index contributed by atoms with van der Waals surface area (Å²) in [6.07, 6.45) is 0.0563. The van der Waals surface area contributed by atoms with Crippen molar-refractivity contribution >= 4 is 63.3 Å². The second-order valence-electron chi connectivity index (χ2n) is 7.73. The Morgan fingerprint density at radius 3 is 2.29 bits per heavy atom. The van der Waals surface area contributed by atoms with Crippen LogP contribution in [0, 0.1) is 0 Å². The number of halogens is 2. The Hall–Kier alpha value is -3.00. The molecule has 1 aliphatic heterocycles. The summed E-state index contributed by atoms with van der Waals surface area (Å²) in [7, 11) is 0. The number of carbonyl (C=O) groups excluding carboxylic acids is 2. The lowest BCUT2D eigenvalue weighted by atomic mass is 10.2. The highest BCUT2D eigenvalue weighted by Crippen LogP contribution is 2.31. The lowest BCUT2D eigenvalue weighted by molar-refractivity contribution is -0.129. The molecule has 0 spiro atoms. The van der Waals surface area contributed by atoms with E-state index >= 15 is 0 Å². The van der Waals surface area contributed by atoms with Crippen LogP contribution in [-0.2, 0) is 16.1 Å². The summed E-state index contributed by atoms with van der Waals surface area (Å²) in [5.74, 6) is 0.281. The third-order valence-corrected chi connectivity index (χ3v) is 6.86. The van der Waals surface area contributed by atoms with Crippen LogP contribution in [-0.4, -0.2) is 33.7 Å². The second-order valence-corrected chi connectivity index (χ2v) is 9.78. The van der Waals surface area contributed by atoms with Gasteiger partial charge >= 0.3 is 0 Å². The zero-order chi connectivity index (χ0) is 24.8. The number of hydrogen-bond acceptors (Lipinski definition) is 5. The zero-order valence-corrected chi connectivity index (χ0v) is 21.2. The maximum Gasteiger partial charge on any atom is 0.238 e. The molecule has 180 valence electrons. The average molecular weight is 528 g/mol. The van der Waals surface area contributed by atoms with Gasteiger partial charge in [0, 0.05) is 22.2 Å². The van der Waals surface area contributed by atoms with Crippen LogP contribution in [0.1, 0.15) is 18.9 Å². The first-order valence-electron chi connectivity index (χ1n) is 11.0. The summed E-state index contributed by atoms with van der Waals surface area (Å²) in [6.45, 7) is 2.80. The largest absolute Gasteiger partial charge is 0.494 e. The number of ether oxygens (including phenoxy) is 1. The Labute approximate surface area is 218 Å². The minimum absolute atomic E-state index is 0.0563. The number of carbonyl (C=O) groups is 2. The van der Waals surface area contributed by atoms with Gasteiger partial charge in [-0.15, -0.1) is 0 Å². The van der Waals surface area contributed by atoms with E-state index in [1.807, 2.05) is 19.1 Å². The van der Waals surface area contributed by atoms with Crippen molar-refractivity contribution in [1.82, 2.24) is 4.90 Å². The minimum Gasteiger partial charge on any atom is -0.494 e. The summed E-state index contributed by atoms with van der Waals surface area (Å²) in [5, 5.41) is 3.93. The fraction of sp³-hybridized carbons (Fsp3) is 0.192. The number of nitrogens with zero attached hydrogens (tertiary/aromatic N) is 2. The van der Waals surface area contributed by atoms with Crippen LogP contribution in [0.2, 0.25) is 10.0 Å². The predicted octanol–water partition coefficient (Wildman–Crippen LogP) is 6.55.